The van der Waals surface area contributed by atoms with Gasteiger partial charge in [0.25, 0.3) is 5.91 Å². The number of carbonyl (C=O) groups is 1. The lowest BCUT2D eigenvalue weighted by atomic mass is 10.2. The predicted octanol–water partition coefficient (Wildman–Crippen LogP) is 3.05. The lowest BCUT2D eigenvalue weighted by molar-refractivity contribution is -0.128. The third kappa shape index (κ3) is 3.40. The molecule has 1 aromatic heterocycles. The van der Waals surface area contributed by atoms with E-state index in [9.17, 15) is 4.79 Å². The lowest BCUT2D eigenvalue weighted by Crippen LogP contribution is -2.38. The highest BCUT2D eigenvalue weighted by Gasteiger charge is 2.19. The summed E-state index contributed by atoms with van der Waals surface area (Å²) in [5, 5.41) is 2.92. The second kappa shape index (κ2) is 7.17. The van der Waals surface area contributed by atoms with Crippen LogP contribution in [0, 0.1) is 0 Å². The number of aromatic nitrogens is 2. The highest BCUT2D eigenvalue weighted by atomic mass is 16.5. The van der Waals surface area contributed by atoms with Gasteiger partial charge >= 0.3 is 0 Å². The van der Waals surface area contributed by atoms with Crippen LogP contribution < -0.4 is 10.1 Å². The third-order valence-electron chi connectivity index (χ3n) is 3.99. The number of aryl methyl sites for hydroxylation is 1. The summed E-state index contributed by atoms with van der Waals surface area (Å²) in [4.78, 5) is 17.0. The second-order valence-corrected chi connectivity index (χ2v) is 5.62. The van der Waals surface area contributed by atoms with Gasteiger partial charge in [-0.3, -0.25) is 4.79 Å². The van der Waals surface area contributed by atoms with E-state index in [0.29, 0.717) is 18.7 Å². The van der Waals surface area contributed by atoms with Gasteiger partial charge in [-0.05, 0) is 30.7 Å². The van der Waals surface area contributed by atoms with E-state index < -0.39 is 6.10 Å². The molecule has 1 heterocycles. The molecule has 2 aromatic carbocycles. The van der Waals surface area contributed by atoms with Gasteiger partial charge in [0, 0.05) is 7.05 Å². The first kappa shape index (κ1) is 16.1. The van der Waals surface area contributed by atoms with Crippen LogP contribution in [0.25, 0.3) is 11.0 Å². The number of rotatable bonds is 6. The molecule has 1 amide bonds. The van der Waals surface area contributed by atoms with E-state index in [-0.39, 0.29) is 5.91 Å². The van der Waals surface area contributed by atoms with Gasteiger partial charge in [0.1, 0.15) is 11.6 Å². The Hall–Kier alpha value is -2.82. The van der Waals surface area contributed by atoms with Gasteiger partial charge in [0.15, 0.2) is 6.10 Å². The van der Waals surface area contributed by atoms with Gasteiger partial charge in [-0.15, -0.1) is 0 Å². The zero-order valence-electron chi connectivity index (χ0n) is 13.9. The van der Waals surface area contributed by atoms with E-state index in [2.05, 4.69) is 10.3 Å². The van der Waals surface area contributed by atoms with Gasteiger partial charge < -0.3 is 14.6 Å². The average Bonchev–Trinajstić information content (AvgIpc) is 2.95. The first-order valence-electron chi connectivity index (χ1n) is 8.08. The molecule has 0 bridgehead atoms. The molecule has 0 spiro atoms. The summed E-state index contributed by atoms with van der Waals surface area (Å²) in [6.07, 6.45) is 0.0885. The monoisotopic (exact) mass is 323 g/mol. The highest BCUT2D eigenvalue weighted by Crippen LogP contribution is 2.15. The summed E-state index contributed by atoms with van der Waals surface area (Å²) >= 11 is 0. The molecule has 5 heteroatoms. The van der Waals surface area contributed by atoms with E-state index in [1.165, 1.54) is 0 Å². The SMILES string of the molecule is CCC(Oc1ccccc1)C(=O)NCc1nc2ccccc2n1C. The van der Waals surface area contributed by atoms with Crippen molar-refractivity contribution in [3.63, 3.8) is 0 Å². The van der Waals surface area contributed by atoms with Gasteiger partial charge in [-0.1, -0.05) is 37.3 Å². The number of hydrogen-bond donors (Lipinski definition) is 1. The number of ether oxygens (including phenoxy) is 1. The molecule has 3 rings (SSSR count). The maximum Gasteiger partial charge on any atom is 0.261 e. The minimum atomic E-state index is -0.512. The van der Waals surface area contributed by atoms with Crippen LogP contribution in [0.1, 0.15) is 19.2 Å². The third-order valence-corrected chi connectivity index (χ3v) is 3.99. The van der Waals surface area contributed by atoms with Crippen LogP contribution in [-0.4, -0.2) is 21.6 Å². The topological polar surface area (TPSA) is 56.1 Å². The van der Waals surface area contributed by atoms with E-state index in [1.54, 1.807) is 0 Å². The number of fused-ring (bicyclic) bond motifs is 1. The minimum Gasteiger partial charge on any atom is -0.481 e. The van der Waals surface area contributed by atoms with Crippen LogP contribution in [-0.2, 0) is 18.4 Å². The zero-order chi connectivity index (χ0) is 16.9. The molecule has 0 aliphatic heterocycles. The van der Waals surface area contributed by atoms with Gasteiger partial charge in [-0.2, -0.15) is 0 Å². The molecule has 5 nitrogen and oxygen atoms in total. The Balaban J connectivity index is 1.66. The van der Waals surface area contributed by atoms with Crippen molar-refractivity contribution in [2.75, 3.05) is 0 Å². The standard InChI is InChI=1S/C19H21N3O2/c1-3-17(24-14-9-5-4-6-10-14)19(23)20-13-18-21-15-11-7-8-12-16(15)22(18)2/h4-12,17H,3,13H2,1-2H3,(H,20,23). The maximum absolute atomic E-state index is 12.4. The molecule has 24 heavy (non-hydrogen) atoms. The smallest absolute Gasteiger partial charge is 0.261 e. The number of para-hydroxylation sites is 3. The number of carbonyl (C=O) groups excluding carboxylic acids is 1. The first-order chi connectivity index (χ1) is 11.7. The maximum atomic E-state index is 12.4. The molecule has 0 aliphatic carbocycles. The Kier molecular flexibility index (Phi) is 4.79. The average molecular weight is 323 g/mol. The van der Waals surface area contributed by atoms with E-state index in [4.69, 9.17) is 4.74 Å². The normalized spacial score (nSPS) is 12.1. The summed E-state index contributed by atoms with van der Waals surface area (Å²) in [5.41, 5.74) is 1.98. The Morgan fingerprint density at radius 3 is 2.58 bits per heavy atom. The Bertz CT molecular complexity index is 827. The summed E-state index contributed by atoms with van der Waals surface area (Å²) in [6, 6.07) is 17.3. The fourth-order valence-corrected chi connectivity index (χ4v) is 2.62. The molecule has 0 fully saturated rings. The summed E-state index contributed by atoms with van der Waals surface area (Å²) in [7, 11) is 1.95. The minimum absolute atomic E-state index is 0.131. The molecular formula is C19H21N3O2. The van der Waals surface area contributed by atoms with Crippen molar-refractivity contribution >= 4 is 16.9 Å². The molecule has 1 atom stereocenters. The van der Waals surface area contributed by atoms with Gasteiger partial charge in [0.2, 0.25) is 0 Å². The summed E-state index contributed by atoms with van der Waals surface area (Å²) in [6.45, 7) is 2.31. The number of amides is 1. The Labute approximate surface area is 141 Å². The first-order valence-corrected chi connectivity index (χ1v) is 8.08. The van der Waals surface area contributed by atoms with E-state index in [0.717, 1.165) is 16.9 Å². The van der Waals surface area contributed by atoms with Crippen molar-refractivity contribution in [3.8, 4) is 5.75 Å². The van der Waals surface area contributed by atoms with Crippen molar-refractivity contribution < 1.29 is 9.53 Å². The molecule has 124 valence electrons. The lowest BCUT2D eigenvalue weighted by Gasteiger charge is -2.17. The largest absolute Gasteiger partial charge is 0.481 e. The van der Waals surface area contributed by atoms with E-state index in [1.807, 2.05) is 73.1 Å². The number of imidazole rings is 1. The fraction of sp³-hybridized carbons (Fsp3) is 0.263. The van der Waals surface area contributed by atoms with Gasteiger partial charge in [-0.25, -0.2) is 4.98 Å². The highest BCUT2D eigenvalue weighted by molar-refractivity contribution is 5.81. The van der Waals surface area contributed by atoms with Crippen molar-refractivity contribution in [1.29, 1.82) is 0 Å². The second-order valence-electron chi connectivity index (χ2n) is 5.62. The van der Waals surface area contributed by atoms with Crippen LogP contribution >= 0.6 is 0 Å². The predicted molar refractivity (Wildman–Crippen MR) is 93.7 cm³/mol. The van der Waals surface area contributed by atoms with Gasteiger partial charge in [0.05, 0.1) is 17.6 Å². The molecule has 0 saturated heterocycles. The van der Waals surface area contributed by atoms with Crippen LogP contribution in [0.15, 0.2) is 54.6 Å². The molecule has 0 saturated carbocycles. The summed E-state index contributed by atoms with van der Waals surface area (Å²) in [5.74, 6) is 1.38. The number of nitrogens with one attached hydrogen (secondary N) is 1. The summed E-state index contributed by atoms with van der Waals surface area (Å²) < 4.78 is 7.76. The zero-order valence-corrected chi connectivity index (χ0v) is 13.9. The van der Waals surface area contributed by atoms with Crippen molar-refractivity contribution in [2.45, 2.75) is 26.0 Å². The van der Waals surface area contributed by atoms with Crippen molar-refractivity contribution in [3.05, 3.63) is 60.4 Å². The molecule has 0 aliphatic rings. The molecule has 1 unspecified atom stereocenters. The number of nitrogens with zero attached hydrogens (tertiary/aromatic N) is 2. The van der Waals surface area contributed by atoms with Crippen LogP contribution in [0.4, 0.5) is 0 Å². The Morgan fingerprint density at radius 2 is 1.88 bits per heavy atom. The molecular weight excluding hydrogens is 302 g/mol. The number of hydrogen-bond acceptors (Lipinski definition) is 3. The fourth-order valence-electron chi connectivity index (χ4n) is 2.62. The molecule has 3 aromatic rings. The molecule has 0 radical (unpaired) electrons. The van der Waals surface area contributed by atoms with Crippen molar-refractivity contribution in [1.82, 2.24) is 14.9 Å². The van der Waals surface area contributed by atoms with Crippen LogP contribution in [0.3, 0.4) is 0 Å². The van der Waals surface area contributed by atoms with Crippen LogP contribution in [0.5, 0.6) is 5.75 Å². The number of benzene rings is 2. The Morgan fingerprint density at radius 1 is 1.17 bits per heavy atom. The van der Waals surface area contributed by atoms with Crippen molar-refractivity contribution in [2.24, 2.45) is 7.05 Å². The molecule has 1 N–H and O–H groups in total. The quantitative estimate of drug-likeness (QED) is 0.758. The van der Waals surface area contributed by atoms with E-state index >= 15 is 0 Å². The van der Waals surface area contributed by atoms with Crippen LogP contribution in [0.2, 0.25) is 0 Å².